The number of nitrogens with one attached hydrogen (secondary N) is 1. The van der Waals surface area contributed by atoms with Gasteiger partial charge in [0.15, 0.2) is 0 Å². The third-order valence-electron chi connectivity index (χ3n) is 5.03. The summed E-state index contributed by atoms with van der Waals surface area (Å²) in [4.78, 5) is 0. The van der Waals surface area contributed by atoms with E-state index in [1.165, 1.54) is 33.4 Å². The van der Waals surface area contributed by atoms with E-state index < -0.39 is 0 Å². The van der Waals surface area contributed by atoms with E-state index in [2.05, 4.69) is 109 Å². The minimum absolute atomic E-state index is 0.871. The van der Waals surface area contributed by atoms with Crippen LogP contribution in [0.3, 0.4) is 0 Å². The van der Waals surface area contributed by atoms with Crippen molar-refractivity contribution in [2.24, 2.45) is 0 Å². The molecule has 3 aromatic carbocycles. The quantitative estimate of drug-likeness (QED) is 0.583. The third-order valence-corrected chi connectivity index (χ3v) is 5.03. The van der Waals surface area contributed by atoms with E-state index in [9.17, 15) is 0 Å². The zero-order valence-electron chi connectivity index (χ0n) is 15.9. The Kier molecular flexibility index (Phi) is 5.84. The molecule has 28 heavy (non-hydrogen) atoms. The highest BCUT2D eigenvalue weighted by atomic mass is 14.8. The predicted molar refractivity (Wildman–Crippen MR) is 116 cm³/mol. The van der Waals surface area contributed by atoms with Gasteiger partial charge in [-0.15, -0.1) is 0 Å². The van der Waals surface area contributed by atoms with Crippen LogP contribution in [0.5, 0.6) is 0 Å². The fourth-order valence-corrected chi connectivity index (χ4v) is 3.59. The summed E-state index contributed by atoms with van der Waals surface area (Å²) in [6, 6.07) is 32.0. The Hall–Kier alpha value is -3.32. The second-order valence-electron chi connectivity index (χ2n) is 7.07. The lowest BCUT2D eigenvalue weighted by molar-refractivity contribution is 1.00. The lowest BCUT2D eigenvalue weighted by atomic mass is 9.88. The van der Waals surface area contributed by atoms with Gasteiger partial charge in [-0.2, -0.15) is 0 Å². The van der Waals surface area contributed by atoms with Crippen LogP contribution >= 0.6 is 0 Å². The van der Waals surface area contributed by atoms with Crippen LogP contribution in [0.15, 0.2) is 120 Å². The predicted octanol–water partition coefficient (Wildman–Crippen LogP) is 5.82. The van der Waals surface area contributed by atoms with Crippen LogP contribution in [0.1, 0.15) is 16.7 Å². The van der Waals surface area contributed by atoms with Gasteiger partial charge >= 0.3 is 0 Å². The summed E-state index contributed by atoms with van der Waals surface area (Å²) in [6.07, 6.45) is 10.3. The highest BCUT2D eigenvalue weighted by Gasteiger charge is 2.15. The van der Waals surface area contributed by atoms with E-state index in [0.717, 1.165) is 19.3 Å². The molecular weight excluding hydrogens is 338 g/mol. The van der Waals surface area contributed by atoms with Gasteiger partial charge in [0, 0.05) is 6.20 Å². The first kappa shape index (κ1) is 18.1. The van der Waals surface area contributed by atoms with E-state index in [4.69, 9.17) is 0 Å². The molecule has 3 aromatic rings. The maximum Gasteiger partial charge on any atom is 0.0660 e. The summed E-state index contributed by atoms with van der Waals surface area (Å²) in [5, 5.41) is 3.24. The van der Waals surface area contributed by atoms with Crippen LogP contribution in [0.2, 0.25) is 0 Å². The standard InChI is InChI=1S/C27H24N/c1-4-10-22(11-5-1)18-25-16-17-28-21-26(19-23-12-6-2-7-13-23)27(25)20-24-14-8-3-9-15-24/h1-17,28H,18-20H2. The van der Waals surface area contributed by atoms with E-state index in [0.29, 0.717) is 0 Å². The van der Waals surface area contributed by atoms with Gasteiger partial charge < -0.3 is 5.32 Å². The van der Waals surface area contributed by atoms with Crippen molar-refractivity contribution >= 4 is 0 Å². The van der Waals surface area contributed by atoms with Crippen molar-refractivity contribution < 1.29 is 0 Å². The van der Waals surface area contributed by atoms with Crippen molar-refractivity contribution in [3.05, 3.63) is 143 Å². The van der Waals surface area contributed by atoms with Crippen LogP contribution in [-0.2, 0) is 19.3 Å². The van der Waals surface area contributed by atoms with Crippen LogP contribution in [0.25, 0.3) is 0 Å². The average molecular weight is 362 g/mol. The van der Waals surface area contributed by atoms with Crippen LogP contribution in [0, 0.1) is 6.20 Å². The summed E-state index contributed by atoms with van der Waals surface area (Å²) < 4.78 is 0. The van der Waals surface area contributed by atoms with Crippen molar-refractivity contribution in [2.75, 3.05) is 0 Å². The maximum absolute atomic E-state index is 3.44. The Morgan fingerprint density at radius 1 is 0.571 bits per heavy atom. The highest BCUT2D eigenvalue weighted by molar-refractivity contribution is 5.47. The number of benzene rings is 3. The first-order chi connectivity index (χ1) is 13.9. The van der Waals surface area contributed by atoms with E-state index in [-0.39, 0.29) is 0 Å². The first-order valence-corrected chi connectivity index (χ1v) is 9.76. The lowest BCUT2D eigenvalue weighted by Crippen LogP contribution is -2.05. The van der Waals surface area contributed by atoms with Gasteiger partial charge in [0.2, 0.25) is 0 Å². The minimum atomic E-state index is 0.871. The largest absolute Gasteiger partial charge is 0.360 e. The molecule has 1 heteroatoms. The monoisotopic (exact) mass is 362 g/mol. The van der Waals surface area contributed by atoms with Gasteiger partial charge in [-0.1, -0.05) is 91.0 Å². The summed E-state index contributed by atoms with van der Waals surface area (Å²) in [6.45, 7) is 0. The Morgan fingerprint density at radius 2 is 1.07 bits per heavy atom. The molecule has 4 rings (SSSR count). The molecule has 0 fully saturated rings. The Labute approximate surface area is 167 Å². The lowest BCUT2D eigenvalue weighted by Gasteiger charge is -2.16. The molecule has 1 N–H and O–H groups in total. The zero-order valence-corrected chi connectivity index (χ0v) is 15.9. The van der Waals surface area contributed by atoms with E-state index >= 15 is 0 Å². The molecule has 0 aliphatic carbocycles. The minimum Gasteiger partial charge on any atom is -0.360 e. The second-order valence-corrected chi connectivity index (χ2v) is 7.07. The first-order valence-electron chi connectivity index (χ1n) is 9.76. The van der Waals surface area contributed by atoms with Gasteiger partial charge in [0.25, 0.3) is 0 Å². The summed E-state index contributed by atoms with van der Waals surface area (Å²) >= 11 is 0. The summed E-state index contributed by atoms with van der Waals surface area (Å²) in [5.74, 6) is 0. The highest BCUT2D eigenvalue weighted by Crippen LogP contribution is 2.27. The Bertz CT molecular complexity index is 980. The van der Waals surface area contributed by atoms with Gasteiger partial charge in [0.1, 0.15) is 0 Å². The fraction of sp³-hybridized carbons (Fsp3) is 0.111. The van der Waals surface area contributed by atoms with Gasteiger partial charge in [-0.25, -0.2) is 0 Å². The number of hydrogen-bond acceptors (Lipinski definition) is 1. The molecule has 0 saturated heterocycles. The maximum atomic E-state index is 3.44. The number of hydrogen-bond donors (Lipinski definition) is 1. The number of allylic oxidation sites excluding steroid dienone is 4. The molecule has 137 valence electrons. The molecule has 0 unspecified atom stereocenters. The fourth-order valence-electron chi connectivity index (χ4n) is 3.59. The normalized spacial score (nSPS) is 13.6. The van der Waals surface area contributed by atoms with Crippen molar-refractivity contribution in [1.82, 2.24) is 5.32 Å². The molecule has 0 spiro atoms. The van der Waals surface area contributed by atoms with Crippen LogP contribution in [0.4, 0.5) is 0 Å². The molecule has 1 heterocycles. The third kappa shape index (κ3) is 4.69. The molecule has 1 radical (unpaired) electrons. The van der Waals surface area contributed by atoms with Crippen LogP contribution < -0.4 is 5.32 Å². The van der Waals surface area contributed by atoms with Crippen LogP contribution in [-0.4, -0.2) is 0 Å². The van der Waals surface area contributed by atoms with Crippen molar-refractivity contribution in [3.8, 4) is 0 Å². The molecule has 0 amide bonds. The van der Waals surface area contributed by atoms with Crippen molar-refractivity contribution in [3.63, 3.8) is 0 Å². The number of rotatable bonds is 6. The molecule has 0 aromatic heterocycles. The molecule has 0 atom stereocenters. The SMILES string of the molecule is [C]1=C(Cc2ccccc2)C(Cc2ccccc2)=C(Cc2ccccc2)C=CN1. The average Bonchev–Trinajstić information content (AvgIpc) is 2.93. The Morgan fingerprint density at radius 3 is 1.64 bits per heavy atom. The molecule has 0 saturated carbocycles. The second kappa shape index (κ2) is 9.05. The van der Waals surface area contributed by atoms with E-state index in [1.807, 2.05) is 6.20 Å². The topological polar surface area (TPSA) is 12.0 Å². The smallest absolute Gasteiger partial charge is 0.0660 e. The van der Waals surface area contributed by atoms with Gasteiger partial charge in [-0.05, 0) is 58.7 Å². The molecule has 1 aliphatic heterocycles. The molecular formula is C27H24N. The summed E-state index contributed by atoms with van der Waals surface area (Å²) in [7, 11) is 0. The van der Waals surface area contributed by atoms with Gasteiger partial charge in [-0.3, -0.25) is 0 Å². The van der Waals surface area contributed by atoms with Gasteiger partial charge in [0.05, 0.1) is 6.20 Å². The molecule has 0 bridgehead atoms. The zero-order chi connectivity index (χ0) is 19.0. The van der Waals surface area contributed by atoms with E-state index in [1.54, 1.807) is 0 Å². The van der Waals surface area contributed by atoms with Crippen molar-refractivity contribution in [2.45, 2.75) is 19.3 Å². The molecule has 1 aliphatic rings. The summed E-state index contributed by atoms with van der Waals surface area (Å²) in [5.41, 5.74) is 7.89. The Balaban J connectivity index is 1.72. The van der Waals surface area contributed by atoms with Crippen molar-refractivity contribution in [1.29, 1.82) is 0 Å². The molecule has 1 nitrogen and oxygen atoms in total.